The normalized spacial score (nSPS) is 24.8. The molecular weight excluding hydrogens is 421 g/mol. The SMILES string of the molecule is C[C@@H]1/C=C\C(=O)[C@@H](O)CC/C=C/c2cc(OCC(F)(F)F)cc(O)c2C(=O)O[C@H]1C.O. The molecule has 1 aromatic rings. The predicted octanol–water partition coefficient (Wildman–Crippen LogP) is 2.98. The van der Waals surface area contributed by atoms with Crippen LogP contribution in [-0.2, 0) is 9.53 Å². The van der Waals surface area contributed by atoms with Crippen LogP contribution in [0.15, 0.2) is 30.4 Å². The number of alkyl halides is 3. The molecule has 0 aromatic heterocycles. The second kappa shape index (κ2) is 11.0. The number of phenolic OH excluding ortho intramolecular Hbond substituents is 1. The number of fused-ring (bicyclic) bond motifs is 1. The second-order valence-corrected chi connectivity index (χ2v) is 7.04. The molecule has 0 spiro atoms. The summed E-state index contributed by atoms with van der Waals surface area (Å²) in [7, 11) is 0. The Morgan fingerprint density at radius 2 is 1.87 bits per heavy atom. The first-order valence-corrected chi connectivity index (χ1v) is 9.32. The average molecular weight is 446 g/mol. The molecule has 0 radical (unpaired) electrons. The van der Waals surface area contributed by atoms with Crippen LogP contribution in [0.1, 0.15) is 42.6 Å². The molecule has 0 bridgehead atoms. The number of carbonyl (C=O) groups excluding carboxylic acids is 2. The largest absolute Gasteiger partial charge is 0.507 e. The molecule has 0 saturated heterocycles. The summed E-state index contributed by atoms with van der Waals surface area (Å²) < 4.78 is 47.3. The third kappa shape index (κ3) is 7.72. The zero-order valence-electron chi connectivity index (χ0n) is 17.0. The Kier molecular flexibility index (Phi) is 9.26. The molecule has 1 heterocycles. The van der Waals surface area contributed by atoms with E-state index < -0.39 is 42.5 Å². The summed E-state index contributed by atoms with van der Waals surface area (Å²) in [5.41, 5.74) is -0.132. The van der Waals surface area contributed by atoms with Gasteiger partial charge in [0, 0.05) is 12.0 Å². The van der Waals surface area contributed by atoms with Gasteiger partial charge in [-0.25, -0.2) is 4.79 Å². The van der Waals surface area contributed by atoms with Crippen LogP contribution in [0.5, 0.6) is 11.5 Å². The van der Waals surface area contributed by atoms with Crippen LogP contribution in [-0.4, -0.2) is 52.4 Å². The molecule has 0 unspecified atom stereocenters. The van der Waals surface area contributed by atoms with Crippen molar-refractivity contribution < 1.29 is 47.9 Å². The number of phenols is 1. The fourth-order valence-corrected chi connectivity index (χ4v) is 2.68. The van der Waals surface area contributed by atoms with E-state index in [0.717, 1.165) is 6.07 Å². The zero-order chi connectivity index (χ0) is 22.5. The highest BCUT2D eigenvalue weighted by Crippen LogP contribution is 2.31. The molecule has 1 aliphatic rings. The van der Waals surface area contributed by atoms with Crippen LogP contribution in [0.2, 0.25) is 0 Å². The molecule has 10 heteroatoms. The fourth-order valence-electron chi connectivity index (χ4n) is 2.68. The van der Waals surface area contributed by atoms with Crippen molar-refractivity contribution in [1.29, 1.82) is 0 Å². The maximum atomic E-state index is 12.6. The molecule has 0 amide bonds. The first kappa shape index (κ1) is 26.2. The summed E-state index contributed by atoms with van der Waals surface area (Å²) in [6.07, 6.45) is -0.438. The van der Waals surface area contributed by atoms with E-state index in [1.165, 1.54) is 30.4 Å². The highest BCUT2D eigenvalue weighted by Gasteiger charge is 2.29. The number of cyclic esters (lactones) is 1. The summed E-state index contributed by atoms with van der Waals surface area (Å²) in [4.78, 5) is 24.6. The topological polar surface area (TPSA) is 125 Å². The molecular formula is C21H25F3O7. The Morgan fingerprint density at radius 3 is 2.52 bits per heavy atom. The van der Waals surface area contributed by atoms with Crippen molar-refractivity contribution in [1.82, 2.24) is 0 Å². The van der Waals surface area contributed by atoms with Gasteiger partial charge in [0.2, 0.25) is 0 Å². The number of rotatable bonds is 2. The number of aliphatic hydroxyl groups is 1. The van der Waals surface area contributed by atoms with E-state index >= 15 is 0 Å². The predicted molar refractivity (Wildman–Crippen MR) is 106 cm³/mol. The molecule has 0 saturated carbocycles. The quantitative estimate of drug-likeness (QED) is 0.673. The zero-order valence-corrected chi connectivity index (χ0v) is 17.0. The maximum Gasteiger partial charge on any atom is 0.422 e. The number of hydrogen-bond donors (Lipinski definition) is 2. The van der Waals surface area contributed by atoms with Crippen LogP contribution in [0, 0.1) is 5.92 Å². The summed E-state index contributed by atoms with van der Waals surface area (Å²) in [6.45, 7) is 1.73. The first-order chi connectivity index (χ1) is 14.0. The van der Waals surface area contributed by atoms with E-state index in [1.807, 2.05) is 0 Å². The van der Waals surface area contributed by atoms with Crippen molar-refractivity contribution >= 4 is 17.8 Å². The number of benzene rings is 1. The van der Waals surface area contributed by atoms with Crippen molar-refractivity contribution in [2.45, 2.75) is 45.1 Å². The number of hydrogen-bond acceptors (Lipinski definition) is 6. The Bertz CT molecular complexity index is 846. The number of aromatic hydroxyl groups is 1. The van der Waals surface area contributed by atoms with Crippen LogP contribution in [0.3, 0.4) is 0 Å². The Morgan fingerprint density at radius 1 is 1.19 bits per heavy atom. The molecule has 1 aliphatic heterocycles. The van der Waals surface area contributed by atoms with Gasteiger partial charge < -0.3 is 25.2 Å². The van der Waals surface area contributed by atoms with E-state index in [1.54, 1.807) is 13.8 Å². The van der Waals surface area contributed by atoms with Gasteiger partial charge in [0.05, 0.1) is 0 Å². The van der Waals surface area contributed by atoms with Crippen molar-refractivity contribution in [2.75, 3.05) is 6.61 Å². The minimum absolute atomic E-state index is 0. The van der Waals surface area contributed by atoms with Gasteiger partial charge in [0.15, 0.2) is 12.4 Å². The van der Waals surface area contributed by atoms with Gasteiger partial charge in [0.1, 0.15) is 29.3 Å². The number of ketones is 1. The van der Waals surface area contributed by atoms with Gasteiger partial charge in [-0.1, -0.05) is 25.2 Å². The standard InChI is InChI=1S/C21H23F3O6.H2O/c1-12-7-8-17(26)16(25)6-4-3-5-14-9-15(29-11-21(22,23)24)10-18(27)19(14)20(28)30-13(12)2;/h3,5,7-10,12-13,16,25,27H,4,6,11H2,1-2H3;1H2/b5-3+,8-7-;/t12-,13+,16+;/m1./s1. The highest BCUT2D eigenvalue weighted by molar-refractivity contribution is 5.97. The number of carbonyl (C=O) groups is 2. The molecule has 0 fully saturated rings. The van der Waals surface area contributed by atoms with Crippen molar-refractivity contribution in [3.8, 4) is 11.5 Å². The lowest BCUT2D eigenvalue weighted by Gasteiger charge is -2.20. The minimum atomic E-state index is -4.57. The molecule has 31 heavy (non-hydrogen) atoms. The van der Waals surface area contributed by atoms with Crippen LogP contribution >= 0.6 is 0 Å². The molecule has 3 atom stereocenters. The molecule has 0 aliphatic carbocycles. The molecule has 2 rings (SSSR count). The van der Waals surface area contributed by atoms with Crippen molar-refractivity contribution in [3.63, 3.8) is 0 Å². The molecule has 1 aromatic carbocycles. The molecule has 4 N–H and O–H groups in total. The maximum absolute atomic E-state index is 12.6. The number of ether oxygens (including phenoxy) is 2. The number of halogens is 3. The fraction of sp³-hybridized carbons (Fsp3) is 0.429. The Balaban J connectivity index is 0.00000480. The van der Waals surface area contributed by atoms with Gasteiger partial charge >= 0.3 is 12.1 Å². The van der Waals surface area contributed by atoms with Crippen LogP contribution in [0.4, 0.5) is 13.2 Å². The molecule has 172 valence electrons. The van der Waals surface area contributed by atoms with Crippen molar-refractivity contribution in [3.05, 3.63) is 41.5 Å². The highest BCUT2D eigenvalue weighted by atomic mass is 19.4. The minimum Gasteiger partial charge on any atom is -0.507 e. The third-order valence-electron chi connectivity index (χ3n) is 4.56. The van der Waals surface area contributed by atoms with Gasteiger partial charge in [-0.2, -0.15) is 13.2 Å². The van der Waals surface area contributed by atoms with Gasteiger partial charge in [-0.05, 0) is 37.5 Å². The summed E-state index contributed by atoms with van der Waals surface area (Å²) in [5, 5.41) is 20.2. The van der Waals surface area contributed by atoms with Crippen molar-refractivity contribution in [2.24, 2.45) is 5.92 Å². The molecule has 7 nitrogen and oxygen atoms in total. The van der Waals surface area contributed by atoms with E-state index in [-0.39, 0.29) is 41.1 Å². The number of esters is 1. The number of allylic oxidation sites excluding steroid dienone is 1. The lowest BCUT2D eigenvalue weighted by atomic mass is 10.0. The summed E-state index contributed by atoms with van der Waals surface area (Å²) >= 11 is 0. The summed E-state index contributed by atoms with van der Waals surface area (Å²) in [6, 6.07) is 2.10. The Labute approximate surface area is 177 Å². The lowest BCUT2D eigenvalue weighted by Crippen LogP contribution is -2.23. The average Bonchev–Trinajstić information content (AvgIpc) is 2.65. The van der Waals surface area contributed by atoms with Crippen LogP contribution in [0.25, 0.3) is 6.08 Å². The van der Waals surface area contributed by atoms with Gasteiger partial charge in [-0.15, -0.1) is 0 Å². The second-order valence-electron chi connectivity index (χ2n) is 7.04. The summed E-state index contributed by atoms with van der Waals surface area (Å²) in [5.74, 6) is -2.58. The number of aliphatic hydroxyl groups excluding tert-OH is 1. The van der Waals surface area contributed by atoms with Gasteiger partial charge in [0.25, 0.3) is 0 Å². The monoisotopic (exact) mass is 446 g/mol. The third-order valence-corrected chi connectivity index (χ3v) is 4.56. The van der Waals surface area contributed by atoms with Gasteiger partial charge in [-0.3, -0.25) is 4.79 Å². The Hall–Kier alpha value is -2.85. The van der Waals surface area contributed by atoms with E-state index in [0.29, 0.717) is 0 Å². The van der Waals surface area contributed by atoms with E-state index in [2.05, 4.69) is 4.74 Å². The van der Waals surface area contributed by atoms with E-state index in [4.69, 9.17) is 4.74 Å². The lowest BCUT2D eigenvalue weighted by molar-refractivity contribution is -0.153. The smallest absolute Gasteiger partial charge is 0.422 e. The van der Waals surface area contributed by atoms with Crippen LogP contribution < -0.4 is 4.74 Å². The van der Waals surface area contributed by atoms with E-state index in [9.17, 15) is 33.0 Å². The first-order valence-electron chi connectivity index (χ1n) is 9.32.